The van der Waals surface area contributed by atoms with Crippen LogP contribution in [-0.2, 0) is 10.2 Å². The van der Waals surface area contributed by atoms with Gasteiger partial charge in [-0.3, -0.25) is 0 Å². The van der Waals surface area contributed by atoms with Gasteiger partial charge in [-0.25, -0.2) is 4.98 Å². The monoisotopic (exact) mass is 259 g/mol. The minimum absolute atomic E-state index is 0.0375. The van der Waals surface area contributed by atoms with Crippen LogP contribution in [0.25, 0.3) is 0 Å². The van der Waals surface area contributed by atoms with Gasteiger partial charge in [-0.2, -0.15) is 4.37 Å². The molecule has 1 atom stereocenters. The molecule has 0 saturated carbocycles. The first-order valence-corrected chi connectivity index (χ1v) is 6.45. The fraction of sp³-hybridized carbons (Fsp3) is 0.818. The summed E-state index contributed by atoms with van der Waals surface area (Å²) in [4.78, 5) is 4.44. The lowest BCUT2D eigenvalue weighted by atomic mass is 9.96. The Kier molecular flexibility index (Phi) is 5.30. The van der Waals surface area contributed by atoms with Gasteiger partial charge >= 0.3 is 0 Å². The summed E-state index contributed by atoms with van der Waals surface area (Å²) < 4.78 is 9.41. The Bertz CT molecular complexity index is 330. The van der Waals surface area contributed by atoms with E-state index in [0.29, 0.717) is 13.0 Å². The van der Waals surface area contributed by atoms with Crippen molar-refractivity contribution < 1.29 is 9.84 Å². The van der Waals surface area contributed by atoms with Crippen molar-refractivity contribution in [2.24, 2.45) is 0 Å². The minimum Gasteiger partial charge on any atom is -0.396 e. The number of nitrogens with zero attached hydrogens (tertiary/aromatic N) is 2. The fourth-order valence-corrected chi connectivity index (χ4v) is 2.15. The zero-order valence-corrected chi connectivity index (χ0v) is 11.7. The second kappa shape index (κ2) is 6.28. The van der Waals surface area contributed by atoms with Crippen molar-refractivity contribution in [3.05, 3.63) is 5.82 Å². The largest absolute Gasteiger partial charge is 0.396 e. The average molecular weight is 259 g/mol. The molecule has 0 fully saturated rings. The van der Waals surface area contributed by atoms with Crippen molar-refractivity contribution in [3.8, 4) is 0 Å². The average Bonchev–Trinajstić information content (AvgIpc) is 2.66. The Morgan fingerprint density at radius 2 is 2.18 bits per heavy atom. The molecule has 0 radical (unpaired) electrons. The normalized spacial score (nSPS) is 13.7. The van der Waals surface area contributed by atoms with Crippen LogP contribution in [0.2, 0.25) is 0 Å². The maximum absolute atomic E-state index is 8.95. The molecule has 0 aromatic carbocycles. The van der Waals surface area contributed by atoms with Gasteiger partial charge in [-0.1, -0.05) is 20.8 Å². The van der Waals surface area contributed by atoms with Gasteiger partial charge in [0, 0.05) is 30.7 Å². The van der Waals surface area contributed by atoms with Crippen molar-refractivity contribution >= 4 is 16.7 Å². The van der Waals surface area contributed by atoms with E-state index in [1.54, 1.807) is 7.11 Å². The third-order valence-corrected chi connectivity index (χ3v) is 2.92. The summed E-state index contributed by atoms with van der Waals surface area (Å²) >= 11 is 1.35. The van der Waals surface area contributed by atoms with E-state index in [9.17, 15) is 0 Å². The first kappa shape index (κ1) is 14.3. The van der Waals surface area contributed by atoms with Crippen LogP contribution < -0.4 is 5.32 Å². The molecule has 0 aliphatic carbocycles. The van der Waals surface area contributed by atoms with Gasteiger partial charge in [0.25, 0.3) is 0 Å². The summed E-state index contributed by atoms with van der Waals surface area (Å²) in [5, 5.41) is 13.0. The number of aliphatic hydroxyl groups is 1. The van der Waals surface area contributed by atoms with Crippen molar-refractivity contribution in [1.29, 1.82) is 0 Å². The van der Waals surface area contributed by atoms with Crippen LogP contribution in [0.4, 0.5) is 5.13 Å². The molecule has 1 unspecified atom stereocenters. The third kappa shape index (κ3) is 4.57. The second-order valence-corrected chi connectivity index (χ2v) is 5.73. The van der Waals surface area contributed by atoms with Crippen LogP contribution in [0.15, 0.2) is 0 Å². The summed E-state index contributed by atoms with van der Waals surface area (Å²) in [7, 11) is 1.65. The summed E-state index contributed by atoms with van der Waals surface area (Å²) in [5.74, 6) is 0.838. The number of rotatable bonds is 6. The van der Waals surface area contributed by atoms with E-state index in [4.69, 9.17) is 9.84 Å². The standard InChI is InChI=1S/C11H21N3O2S/c1-11(2,3)9-13-10(17-14-9)12-8(5-6-15)7-16-4/h8,15H,5-7H2,1-4H3,(H,12,13,14). The van der Waals surface area contributed by atoms with Gasteiger partial charge in [-0.15, -0.1) is 0 Å². The predicted molar refractivity (Wildman–Crippen MR) is 69.6 cm³/mol. The molecule has 0 bridgehead atoms. The predicted octanol–water partition coefficient (Wildman–Crippen LogP) is 1.64. The maximum Gasteiger partial charge on any atom is 0.202 e. The summed E-state index contributed by atoms with van der Waals surface area (Å²) in [5.41, 5.74) is -0.0375. The van der Waals surface area contributed by atoms with E-state index in [0.717, 1.165) is 11.0 Å². The number of nitrogens with one attached hydrogen (secondary N) is 1. The molecule has 1 aromatic rings. The van der Waals surface area contributed by atoms with E-state index >= 15 is 0 Å². The lowest BCUT2D eigenvalue weighted by Gasteiger charge is -2.16. The SMILES string of the molecule is COCC(CCO)Nc1nc(C(C)(C)C)ns1. The molecule has 17 heavy (non-hydrogen) atoms. The van der Waals surface area contributed by atoms with Crippen molar-refractivity contribution in [1.82, 2.24) is 9.36 Å². The van der Waals surface area contributed by atoms with E-state index < -0.39 is 0 Å². The molecule has 0 amide bonds. The molecule has 98 valence electrons. The van der Waals surface area contributed by atoms with Gasteiger partial charge in [-0.05, 0) is 6.42 Å². The summed E-state index contributed by atoms with van der Waals surface area (Å²) in [6.07, 6.45) is 0.637. The van der Waals surface area contributed by atoms with Gasteiger partial charge in [0.2, 0.25) is 5.13 Å². The van der Waals surface area contributed by atoms with Gasteiger partial charge in [0.1, 0.15) is 5.82 Å². The van der Waals surface area contributed by atoms with Gasteiger partial charge in [0.15, 0.2) is 0 Å². The van der Waals surface area contributed by atoms with Crippen LogP contribution >= 0.6 is 11.5 Å². The number of hydrogen-bond acceptors (Lipinski definition) is 6. The zero-order valence-electron chi connectivity index (χ0n) is 10.9. The van der Waals surface area contributed by atoms with Crippen molar-refractivity contribution in [3.63, 3.8) is 0 Å². The Morgan fingerprint density at radius 1 is 1.47 bits per heavy atom. The topological polar surface area (TPSA) is 67.3 Å². The molecule has 5 nitrogen and oxygen atoms in total. The van der Waals surface area contributed by atoms with E-state index in [1.807, 2.05) is 0 Å². The molecule has 2 N–H and O–H groups in total. The quantitative estimate of drug-likeness (QED) is 0.813. The molecular weight excluding hydrogens is 238 g/mol. The second-order valence-electron chi connectivity index (χ2n) is 4.98. The molecule has 0 aliphatic heterocycles. The minimum atomic E-state index is -0.0375. The molecule has 1 rings (SSSR count). The van der Waals surface area contributed by atoms with E-state index in [2.05, 4.69) is 35.4 Å². The number of methoxy groups -OCH3 is 1. The highest BCUT2D eigenvalue weighted by Gasteiger charge is 2.20. The molecule has 1 aromatic heterocycles. The summed E-state index contributed by atoms with van der Waals surface area (Å²) in [6, 6.07) is 0.0748. The number of hydrogen-bond donors (Lipinski definition) is 2. The lowest BCUT2D eigenvalue weighted by molar-refractivity contribution is 0.170. The zero-order chi connectivity index (χ0) is 12.9. The van der Waals surface area contributed by atoms with Crippen molar-refractivity contribution in [2.45, 2.75) is 38.6 Å². The highest BCUT2D eigenvalue weighted by atomic mass is 32.1. The van der Waals surface area contributed by atoms with E-state index in [-0.39, 0.29) is 18.1 Å². The van der Waals surface area contributed by atoms with Crippen LogP contribution in [0.1, 0.15) is 33.0 Å². The van der Waals surface area contributed by atoms with Crippen LogP contribution in [-0.4, -0.2) is 40.8 Å². The number of anilines is 1. The molecule has 6 heteroatoms. The fourth-order valence-electron chi connectivity index (χ4n) is 1.32. The first-order chi connectivity index (χ1) is 7.97. The van der Waals surface area contributed by atoms with Crippen LogP contribution in [0.3, 0.4) is 0 Å². The maximum atomic E-state index is 8.95. The smallest absolute Gasteiger partial charge is 0.202 e. The Balaban J connectivity index is 2.63. The molecule has 0 aliphatic rings. The Hall–Kier alpha value is -0.720. The number of ether oxygens (including phenoxy) is 1. The number of aliphatic hydroxyl groups excluding tert-OH is 1. The molecule has 0 saturated heterocycles. The summed E-state index contributed by atoms with van der Waals surface area (Å²) in [6.45, 7) is 6.93. The third-order valence-electron chi connectivity index (χ3n) is 2.27. The van der Waals surface area contributed by atoms with E-state index in [1.165, 1.54) is 11.5 Å². The van der Waals surface area contributed by atoms with Crippen LogP contribution in [0, 0.1) is 0 Å². The number of aromatic nitrogens is 2. The Morgan fingerprint density at radius 3 is 2.65 bits per heavy atom. The lowest BCUT2D eigenvalue weighted by Crippen LogP contribution is -2.26. The van der Waals surface area contributed by atoms with Crippen LogP contribution in [0.5, 0.6) is 0 Å². The van der Waals surface area contributed by atoms with Gasteiger partial charge < -0.3 is 15.2 Å². The highest BCUT2D eigenvalue weighted by molar-refractivity contribution is 7.09. The van der Waals surface area contributed by atoms with Gasteiger partial charge in [0.05, 0.1) is 12.6 Å². The first-order valence-electron chi connectivity index (χ1n) is 5.68. The Labute approximate surface area is 106 Å². The molecule has 1 heterocycles. The highest BCUT2D eigenvalue weighted by Crippen LogP contribution is 2.23. The van der Waals surface area contributed by atoms with Crippen molar-refractivity contribution in [2.75, 3.05) is 25.6 Å². The molecule has 0 spiro atoms. The molecular formula is C11H21N3O2S.